The average molecular weight is 384 g/mol. The van der Waals surface area contributed by atoms with Crippen LogP contribution in [0.25, 0.3) is 11.0 Å². The summed E-state index contributed by atoms with van der Waals surface area (Å²) in [4.78, 5) is 7.36. The molecule has 0 spiro atoms. The summed E-state index contributed by atoms with van der Waals surface area (Å²) in [5, 5.41) is 0.779. The third-order valence-electron chi connectivity index (χ3n) is 6.09. The van der Waals surface area contributed by atoms with Crippen molar-refractivity contribution in [2.24, 2.45) is 0 Å². The third-order valence-corrected chi connectivity index (χ3v) is 6.31. The van der Waals surface area contributed by atoms with Crippen LogP contribution < -0.4 is 0 Å². The topological polar surface area (TPSA) is 21.1 Å². The van der Waals surface area contributed by atoms with Crippen molar-refractivity contribution in [2.75, 3.05) is 13.1 Å². The highest BCUT2D eigenvalue weighted by atomic mass is 35.5. The first-order valence-corrected chi connectivity index (χ1v) is 10.2. The molecule has 3 heterocycles. The molecule has 0 bridgehead atoms. The number of aromatic nitrogens is 2. The zero-order chi connectivity index (χ0) is 18.4. The van der Waals surface area contributed by atoms with Gasteiger partial charge in [-0.1, -0.05) is 29.8 Å². The number of imidazole rings is 1. The fraction of sp³-hybridized carbons (Fsp3) is 0.409. The summed E-state index contributed by atoms with van der Waals surface area (Å²) in [5.41, 5.74) is 4.48. The van der Waals surface area contributed by atoms with Gasteiger partial charge in [-0.05, 0) is 74.0 Å². The summed E-state index contributed by atoms with van der Waals surface area (Å²) in [6.07, 6.45) is 4.22. The van der Waals surface area contributed by atoms with E-state index < -0.39 is 0 Å². The maximum Gasteiger partial charge on any atom is 0.126 e. The van der Waals surface area contributed by atoms with E-state index in [0.717, 1.165) is 73.8 Å². The zero-order valence-electron chi connectivity index (χ0n) is 15.3. The van der Waals surface area contributed by atoms with Gasteiger partial charge in [-0.15, -0.1) is 0 Å². The number of likely N-dealkylation sites (tertiary alicyclic amines) is 1. The average Bonchev–Trinajstić information content (AvgIpc) is 3.01. The molecule has 5 rings (SSSR count). The van der Waals surface area contributed by atoms with Gasteiger partial charge in [-0.2, -0.15) is 0 Å². The molecule has 3 nitrogen and oxygen atoms in total. The van der Waals surface area contributed by atoms with Gasteiger partial charge in [0.05, 0.1) is 17.6 Å². The van der Waals surface area contributed by atoms with Crippen LogP contribution in [0.5, 0.6) is 0 Å². The number of piperidine rings is 1. The second kappa shape index (κ2) is 6.92. The second-order valence-electron chi connectivity index (χ2n) is 7.79. The molecule has 1 saturated heterocycles. The van der Waals surface area contributed by atoms with Crippen molar-refractivity contribution in [1.82, 2.24) is 14.5 Å². The van der Waals surface area contributed by atoms with Crippen molar-refractivity contribution < 1.29 is 4.39 Å². The van der Waals surface area contributed by atoms with Crippen LogP contribution in [0.3, 0.4) is 0 Å². The van der Waals surface area contributed by atoms with Crippen molar-refractivity contribution in [3.8, 4) is 0 Å². The van der Waals surface area contributed by atoms with Gasteiger partial charge >= 0.3 is 0 Å². The van der Waals surface area contributed by atoms with Crippen LogP contribution in [0.1, 0.15) is 42.1 Å². The number of benzene rings is 2. The first-order chi connectivity index (χ1) is 13.2. The van der Waals surface area contributed by atoms with Gasteiger partial charge in [-0.3, -0.25) is 4.90 Å². The summed E-state index contributed by atoms with van der Waals surface area (Å²) in [6, 6.07) is 11.3. The van der Waals surface area contributed by atoms with Crippen molar-refractivity contribution in [3.63, 3.8) is 0 Å². The Morgan fingerprint density at radius 2 is 1.93 bits per heavy atom. The quantitative estimate of drug-likeness (QED) is 0.623. The van der Waals surface area contributed by atoms with E-state index in [1.165, 1.54) is 11.1 Å². The van der Waals surface area contributed by atoms with Gasteiger partial charge < -0.3 is 4.57 Å². The first kappa shape index (κ1) is 17.2. The van der Waals surface area contributed by atoms with E-state index in [9.17, 15) is 4.39 Å². The highest BCUT2D eigenvalue weighted by Crippen LogP contribution is 2.32. The molecule has 140 valence electrons. The summed E-state index contributed by atoms with van der Waals surface area (Å²) < 4.78 is 16.5. The lowest BCUT2D eigenvalue weighted by molar-refractivity contribution is 0.196. The standard InChI is InChI=1S/C22H23ClFN3/c23-17-12-16-4-3-9-27-21(25-20(13-17)22(16)27)14-26-10-7-15(8-11-26)18-5-1-2-6-19(18)24/h1-2,5-6,12-13,15H,3-4,7-11,14H2. The van der Waals surface area contributed by atoms with Gasteiger partial charge in [0.15, 0.2) is 0 Å². The molecule has 5 heteroatoms. The molecule has 0 radical (unpaired) electrons. The smallest absolute Gasteiger partial charge is 0.126 e. The Labute approximate surface area is 163 Å². The van der Waals surface area contributed by atoms with Crippen LogP contribution in [0.4, 0.5) is 4.39 Å². The Morgan fingerprint density at radius 3 is 2.74 bits per heavy atom. The van der Waals surface area contributed by atoms with Gasteiger partial charge in [0.1, 0.15) is 11.6 Å². The van der Waals surface area contributed by atoms with Crippen molar-refractivity contribution in [3.05, 3.63) is 64.2 Å². The van der Waals surface area contributed by atoms with Crippen LogP contribution in [0.2, 0.25) is 5.02 Å². The van der Waals surface area contributed by atoms with E-state index in [-0.39, 0.29) is 5.82 Å². The summed E-state index contributed by atoms with van der Waals surface area (Å²) in [6.45, 7) is 3.85. The van der Waals surface area contributed by atoms with E-state index >= 15 is 0 Å². The molecule has 0 unspecified atom stereocenters. The predicted octanol–water partition coefficient (Wildman–Crippen LogP) is 5.15. The van der Waals surface area contributed by atoms with Gasteiger partial charge in [0.2, 0.25) is 0 Å². The minimum Gasteiger partial charge on any atom is -0.327 e. The molecule has 0 saturated carbocycles. The van der Waals surface area contributed by atoms with Gasteiger partial charge in [0, 0.05) is 11.6 Å². The Morgan fingerprint density at radius 1 is 1.11 bits per heavy atom. The second-order valence-corrected chi connectivity index (χ2v) is 8.22. The molecule has 2 aromatic carbocycles. The van der Waals surface area contributed by atoms with Crippen LogP contribution in [0, 0.1) is 5.82 Å². The fourth-order valence-electron chi connectivity index (χ4n) is 4.75. The number of halogens is 2. The van der Waals surface area contributed by atoms with Crippen molar-refractivity contribution >= 4 is 22.6 Å². The zero-order valence-corrected chi connectivity index (χ0v) is 16.1. The maximum atomic E-state index is 14.1. The third kappa shape index (κ3) is 3.15. The lowest BCUT2D eigenvalue weighted by Crippen LogP contribution is -2.33. The first-order valence-electron chi connectivity index (χ1n) is 9.83. The molecular formula is C22H23ClFN3. The molecule has 0 N–H and O–H groups in total. The van der Waals surface area contributed by atoms with Crippen LogP contribution in [-0.4, -0.2) is 27.5 Å². The molecule has 3 aromatic rings. The molecule has 1 fully saturated rings. The Balaban J connectivity index is 1.34. The lowest BCUT2D eigenvalue weighted by Gasteiger charge is -2.32. The van der Waals surface area contributed by atoms with E-state index in [0.29, 0.717) is 5.92 Å². The summed E-state index contributed by atoms with van der Waals surface area (Å²) >= 11 is 6.28. The lowest BCUT2D eigenvalue weighted by atomic mass is 9.89. The van der Waals surface area contributed by atoms with E-state index in [1.54, 1.807) is 12.1 Å². The van der Waals surface area contributed by atoms with Crippen LogP contribution in [-0.2, 0) is 19.5 Å². The highest BCUT2D eigenvalue weighted by molar-refractivity contribution is 6.31. The number of hydrogen-bond acceptors (Lipinski definition) is 2. The molecule has 0 amide bonds. The van der Waals surface area contributed by atoms with E-state index in [4.69, 9.17) is 16.6 Å². The predicted molar refractivity (Wildman–Crippen MR) is 107 cm³/mol. The summed E-state index contributed by atoms with van der Waals surface area (Å²) in [5.74, 6) is 1.40. The van der Waals surface area contributed by atoms with Crippen molar-refractivity contribution in [2.45, 2.75) is 44.7 Å². The highest BCUT2D eigenvalue weighted by Gasteiger charge is 2.25. The van der Waals surface area contributed by atoms with Gasteiger partial charge in [-0.25, -0.2) is 9.37 Å². The minimum atomic E-state index is -0.0655. The summed E-state index contributed by atoms with van der Waals surface area (Å²) in [7, 11) is 0. The molecule has 2 aliphatic rings. The number of nitrogens with zero attached hydrogens (tertiary/aromatic N) is 3. The molecule has 0 aliphatic carbocycles. The number of hydrogen-bond donors (Lipinski definition) is 0. The molecule has 27 heavy (non-hydrogen) atoms. The SMILES string of the molecule is Fc1ccccc1C1CCN(Cc2nc3cc(Cl)cc4c3n2CCC4)CC1. The van der Waals surface area contributed by atoms with Crippen molar-refractivity contribution in [1.29, 1.82) is 0 Å². The van der Waals surface area contributed by atoms with Crippen LogP contribution >= 0.6 is 11.6 Å². The molecule has 1 aromatic heterocycles. The molecular weight excluding hydrogens is 361 g/mol. The maximum absolute atomic E-state index is 14.1. The fourth-order valence-corrected chi connectivity index (χ4v) is 4.99. The molecule has 0 atom stereocenters. The number of rotatable bonds is 3. The Kier molecular flexibility index (Phi) is 4.41. The number of aryl methyl sites for hydroxylation is 2. The largest absolute Gasteiger partial charge is 0.327 e. The monoisotopic (exact) mass is 383 g/mol. The van der Waals surface area contributed by atoms with Gasteiger partial charge in [0.25, 0.3) is 0 Å². The Bertz CT molecular complexity index is 989. The normalized spacial score (nSPS) is 18.3. The molecule has 2 aliphatic heterocycles. The Hall–Kier alpha value is -1.91. The van der Waals surface area contributed by atoms with Crippen LogP contribution in [0.15, 0.2) is 36.4 Å². The minimum absolute atomic E-state index is 0.0655. The van der Waals surface area contributed by atoms with E-state index in [1.807, 2.05) is 18.2 Å². The van der Waals surface area contributed by atoms with E-state index in [2.05, 4.69) is 15.5 Å².